The van der Waals surface area contributed by atoms with Gasteiger partial charge in [-0.05, 0) is 20.9 Å². The number of ether oxygens (including phenoxy) is 3. The SMILES string of the molecule is CN[C@@H]1[C@H]2OC(C)(C)O[C@H]2O[C@H]1CO. The molecule has 0 amide bonds. The molecule has 2 heterocycles. The number of nitrogens with one attached hydrogen (secondary N) is 1. The van der Waals surface area contributed by atoms with Crippen molar-refractivity contribution in [3.05, 3.63) is 0 Å². The van der Waals surface area contributed by atoms with E-state index in [0.717, 1.165) is 0 Å². The number of fused-ring (bicyclic) bond motifs is 1. The topological polar surface area (TPSA) is 60.0 Å². The Morgan fingerprint density at radius 3 is 2.64 bits per heavy atom. The molecule has 4 atom stereocenters. The van der Waals surface area contributed by atoms with Gasteiger partial charge >= 0.3 is 0 Å². The molecule has 2 aliphatic rings. The van der Waals surface area contributed by atoms with Gasteiger partial charge in [0, 0.05) is 0 Å². The highest BCUT2D eigenvalue weighted by Gasteiger charge is 2.53. The molecule has 0 spiro atoms. The zero-order chi connectivity index (χ0) is 10.3. The summed E-state index contributed by atoms with van der Waals surface area (Å²) < 4.78 is 16.7. The highest BCUT2D eigenvalue weighted by Crippen LogP contribution is 2.36. The van der Waals surface area contributed by atoms with Crippen molar-refractivity contribution in [3.8, 4) is 0 Å². The van der Waals surface area contributed by atoms with Gasteiger partial charge in [0.2, 0.25) is 0 Å². The molecular formula is C9H17NO4. The predicted molar refractivity (Wildman–Crippen MR) is 48.6 cm³/mol. The molecule has 2 N–H and O–H groups in total. The van der Waals surface area contributed by atoms with Crippen LogP contribution in [0, 0.1) is 0 Å². The Morgan fingerprint density at radius 1 is 1.36 bits per heavy atom. The zero-order valence-corrected chi connectivity index (χ0v) is 8.69. The Hall–Kier alpha value is -0.200. The van der Waals surface area contributed by atoms with Crippen LogP contribution in [0.15, 0.2) is 0 Å². The van der Waals surface area contributed by atoms with Crippen LogP contribution in [0.1, 0.15) is 13.8 Å². The summed E-state index contributed by atoms with van der Waals surface area (Å²) in [6.07, 6.45) is -0.738. The van der Waals surface area contributed by atoms with E-state index < -0.39 is 5.79 Å². The molecule has 2 fully saturated rings. The van der Waals surface area contributed by atoms with Crippen molar-refractivity contribution >= 4 is 0 Å². The molecule has 2 rings (SSSR count). The van der Waals surface area contributed by atoms with Gasteiger partial charge in [-0.2, -0.15) is 0 Å². The molecule has 0 aromatic carbocycles. The molecule has 0 aromatic rings. The van der Waals surface area contributed by atoms with Crippen LogP contribution in [-0.4, -0.2) is 49.1 Å². The lowest BCUT2D eigenvalue weighted by atomic mass is 10.1. The third kappa shape index (κ3) is 1.55. The Labute approximate surface area is 83.3 Å². The normalized spacial score (nSPS) is 45.4. The minimum Gasteiger partial charge on any atom is -0.394 e. The molecule has 14 heavy (non-hydrogen) atoms. The fourth-order valence-corrected chi connectivity index (χ4v) is 2.08. The lowest BCUT2D eigenvalue weighted by molar-refractivity contribution is -0.210. The van der Waals surface area contributed by atoms with E-state index in [9.17, 15) is 0 Å². The molecular weight excluding hydrogens is 186 g/mol. The molecule has 2 saturated heterocycles. The maximum Gasteiger partial charge on any atom is 0.189 e. The molecule has 0 unspecified atom stereocenters. The maximum atomic E-state index is 9.08. The van der Waals surface area contributed by atoms with Crippen molar-refractivity contribution in [3.63, 3.8) is 0 Å². The minimum atomic E-state index is -0.592. The van der Waals surface area contributed by atoms with Gasteiger partial charge in [0.1, 0.15) is 12.2 Å². The fourth-order valence-electron chi connectivity index (χ4n) is 2.08. The lowest BCUT2D eigenvalue weighted by Gasteiger charge is -2.24. The summed E-state index contributed by atoms with van der Waals surface area (Å²) in [4.78, 5) is 0. The fraction of sp³-hybridized carbons (Fsp3) is 1.00. The van der Waals surface area contributed by atoms with E-state index in [1.807, 2.05) is 20.9 Å². The molecule has 82 valence electrons. The monoisotopic (exact) mass is 203 g/mol. The Kier molecular flexibility index (Phi) is 2.53. The first-order valence-corrected chi connectivity index (χ1v) is 4.86. The number of hydrogen-bond acceptors (Lipinski definition) is 5. The highest BCUT2D eigenvalue weighted by molar-refractivity contribution is 4.96. The van der Waals surface area contributed by atoms with Crippen molar-refractivity contribution in [1.29, 1.82) is 0 Å². The summed E-state index contributed by atoms with van der Waals surface area (Å²) in [7, 11) is 1.83. The van der Waals surface area contributed by atoms with Gasteiger partial charge in [-0.15, -0.1) is 0 Å². The summed E-state index contributed by atoms with van der Waals surface area (Å²) in [6, 6.07) is -0.00762. The van der Waals surface area contributed by atoms with E-state index in [-0.39, 0.29) is 31.1 Å². The molecule has 0 radical (unpaired) electrons. The van der Waals surface area contributed by atoms with Crippen LogP contribution in [0.3, 0.4) is 0 Å². The van der Waals surface area contributed by atoms with Crippen molar-refractivity contribution in [1.82, 2.24) is 5.32 Å². The smallest absolute Gasteiger partial charge is 0.189 e. The molecule has 5 heteroatoms. The molecule has 0 saturated carbocycles. The molecule has 0 bridgehead atoms. The summed E-state index contributed by atoms with van der Waals surface area (Å²) >= 11 is 0. The molecule has 0 aliphatic carbocycles. The Bertz CT molecular complexity index is 221. The predicted octanol–water partition coefficient (Wildman–Crippen LogP) is -0.557. The van der Waals surface area contributed by atoms with Gasteiger partial charge in [0.25, 0.3) is 0 Å². The number of aliphatic hydroxyl groups is 1. The van der Waals surface area contributed by atoms with E-state index in [1.54, 1.807) is 0 Å². The maximum absolute atomic E-state index is 9.08. The van der Waals surface area contributed by atoms with Crippen LogP contribution in [0.4, 0.5) is 0 Å². The molecule has 5 nitrogen and oxygen atoms in total. The largest absolute Gasteiger partial charge is 0.394 e. The van der Waals surface area contributed by atoms with Crippen molar-refractivity contribution in [2.75, 3.05) is 13.7 Å². The van der Waals surface area contributed by atoms with E-state index >= 15 is 0 Å². The third-order valence-electron chi connectivity index (χ3n) is 2.66. The van der Waals surface area contributed by atoms with Gasteiger partial charge in [-0.3, -0.25) is 0 Å². The molecule has 2 aliphatic heterocycles. The summed E-state index contributed by atoms with van der Waals surface area (Å²) in [5.74, 6) is -0.592. The summed E-state index contributed by atoms with van der Waals surface area (Å²) in [5.41, 5.74) is 0. The van der Waals surface area contributed by atoms with Gasteiger partial charge in [0.15, 0.2) is 12.1 Å². The average Bonchev–Trinajstić information content (AvgIpc) is 2.55. The van der Waals surface area contributed by atoms with Crippen LogP contribution in [0.5, 0.6) is 0 Å². The van der Waals surface area contributed by atoms with Crippen LogP contribution in [0.25, 0.3) is 0 Å². The highest BCUT2D eigenvalue weighted by atomic mass is 16.8. The number of hydrogen-bond donors (Lipinski definition) is 2. The van der Waals surface area contributed by atoms with Crippen LogP contribution >= 0.6 is 0 Å². The lowest BCUT2D eigenvalue weighted by Crippen LogP contribution is -2.45. The Morgan fingerprint density at radius 2 is 2.07 bits per heavy atom. The van der Waals surface area contributed by atoms with Gasteiger partial charge < -0.3 is 24.6 Å². The van der Waals surface area contributed by atoms with Crippen LogP contribution in [-0.2, 0) is 14.2 Å². The summed E-state index contributed by atoms with van der Waals surface area (Å²) in [5, 5.41) is 12.2. The number of rotatable bonds is 2. The first-order valence-electron chi connectivity index (χ1n) is 4.86. The first-order chi connectivity index (χ1) is 6.57. The van der Waals surface area contributed by atoms with Gasteiger partial charge in [-0.1, -0.05) is 0 Å². The Balaban J connectivity index is 2.09. The average molecular weight is 203 g/mol. The van der Waals surface area contributed by atoms with E-state index in [1.165, 1.54) is 0 Å². The van der Waals surface area contributed by atoms with Crippen molar-refractivity contribution in [2.24, 2.45) is 0 Å². The second kappa shape index (κ2) is 3.43. The van der Waals surface area contributed by atoms with Gasteiger partial charge in [0.05, 0.1) is 12.6 Å². The van der Waals surface area contributed by atoms with E-state index in [0.29, 0.717) is 0 Å². The third-order valence-corrected chi connectivity index (χ3v) is 2.66. The zero-order valence-electron chi connectivity index (χ0n) is 8.69. The van der Waals surface area contributed by atoms with E-state index in [2.05, 4.69) is 5.32 Å². The van der Waals surface area contributed by atoms with E-state index in [4.69, 9.17) is 19.3 Å². The quantitative estimate of drug-likeness (QED) is 0.630. The van der Waals surface area contributed by atoms with Crippen molar-refractivity contribution < 1.29 is 19.3 Å². The molecule has 0 aromatic heterocycles. The number of aliphatic hydroxyl groups excluding tert-OH is 1. The summed E-state index contributed by atoms with van der Waals surface area (Å²) in [6.45, 7) is 3.69. The van der Waals surface area contributed by atoms with Gasteiger partial charge in [-0.25, -0.2) is 0 Å². The van der Waals surface area contributed by atoms with Crippen molar-refractivity contribution in [2.45, 2.75) is 44.2 Å². The second-order valence-electron chi connectivity index (χ2n) is 4.14. The first kappa shape index (κ1) is 10.3. The standard InChI is InChI=1S/C9H17NO4/c1-9(2)13-7-6(10-3)5(4-11)12-8(7)14-9/h5-8,10-11H,4H2,1-3H3/t5-,6-,7+,8+/m0/s1. The minimum absolute atomic E-state index is 0.00762. The van der Waals surface area contributed by atoms with Crippen LogP contribution in [0.2, 0.25) is 0 Å². The second-order valence-corrected chi connectivity index (χ2v) is 4.14. The van der Waals surface area contributed by atoms with Crippen LogP contribution < -0.4 is 5.32 Å². The number of likely N-dealkylation sites (N-methyl/N-ethyl adjacent to an activating group) is 1.